The van der Waals surface area contributed by atoms with Crippen molar-refractivity contribution in [1.82, 2.24) is 30.0 Å². The van der Waals surface area contributed by atoms with Crippen molar-refractivity contribution in [3.63, 3.8) is 0 Å². The topological polar surface area (TPSA) is 205 Å². The normalized spacial score (nSPS) is 12.7. The zero-order chi connectivity index (χ0) is 55.5. The SMILES string of the molecule is CC.CC.CC.COC(=O)C1(c2ccc(-c3ccc(-c4c(NC(=O)OCc5ccccc5)nnn4C)cc3)cc2)CC1.Cn1nnc(NC(=O)OCc2ccccc2)c1-c1ccc(-c2ccc(C3(C(=O)[O-])CC3)cc2)cc1.[Na+]. The van der Waals surface area contributed by atoms with Gasteiger partial charge in [-0.15, -0.1) is 10.2 Å². The van der Waals surface area contributed by atoms with E-state index in [1.54, 1.807) is 23.5 Å². The number of carbonyl (C=O) groups is 4. The Morgan fingerprint density at radius 3 is 1.10 bits per heavy atom. The number of aromatic nitrogens is 6. The van der Waals surface area contributed by atoms with Crippen LogP contribution < -0.4 is 45.3 Å². The molecule has 2 amide bonds. The summed E-state index contributed by atoms with van der Waals surface area (Å²) in [5.74, 6) is -0.546. The van der Waals surface area contributed by atoms with Crippen molar-refractivity contribution in [3.8, 4) is 44.8 Å². The number of anilines is 2. The van der Waals surface area contributed by atoms with E-state index in [1.165, 1.54) is 7.11 Å². The van der Waals surface area contributed by atoms with Crippen molar-refractivity contribution in [2.45, 2.75) is 91.3 Å². The van der Waals surface area contributed by atoms with Gasteiger partial charge in [-0.1, -0.05) is 210 Å². The number of esters is 1. The Kier molecular flexibility index (Phi) is 22.7. The first-order chi connectivity index (χ1) is 37.5. The number of aryl methyl sites for hydroxylation is 2. The van der Waals surface area contributed by atoms with Gasteiger partial charge in [-0.05, 0) is 70.2 Å². The van der Waals surface area contributed by atoms with Gasteiger partial charge in [-0.25, -0.2) is 19.0 Å². The number of aliphatic carboxylic acids is 1. The number of hydrogen-bond donors (Lipinski definition) is 2. The van der Waals surface area contributed by atoms with Gasteiger partial charge in [0.15, 0.2) is 11.6 Å². The van der Waals surface area contributed by atoms with E-state index in [4.69, 9.17) is 14.2 Å². The van der Waals surface area contributed by atoms with Crippen LogP contribution in [-0.4, -0.2) is 61.2 Å². The Balaban J connectivity index is 0.000000260. The second-order valence-electron chi connectivity index (χ2n) is 17.4. The fourth-order valence-electron chi connectivity index (χ4n) is 8.51. The molecule has 2 aromatic heterocycles. The maximum absolute atomic E-state index is 12.3. The summed E-state index contributed by atoms with van der Waals surface area (Å²) in [4.78, 5) is 48.3. The quantitative estimate of drug-likeness (QED) is 0.0596. The Morgan fingerprint density at radius 2 is 0.795 bits per heavy atom. The molecule has 400 valence electrons. The van der Waals surface area contributed by atoms with E-state index >= 15 is 0 Å². The minimum Gasteiger partial charge on any atom is -0.549 e. The first-order valence-electron chi connectivity index (χ1n) is 25.9. The Morgan fingerprint density at radius 1 is 0.487 bits per heavy atom. The van der Waals surface area contributed by atoms with Crippen LogP contribution in [0.2, 0.25) is 0 Å². The summed E-state index contributed by atoms with van der Waals surface area (Å²) in [7, 11) is 4.95. The molecule has 78 heavy (non-hydrogen) atoms. The second-order valence-corrected chi connectivity index (χ2v) is 17.4. The van der Waals surface area contributed by atoms with E-state index in [1.807, 2.05) is 199 Å². The van der Waals surface area contributed by atoms with Gasteiger partial charge in [0, 0.05) is 30.6 Å². The summed E-state index contributed by atoms with van der Waals surface area (Å²) in [6, 6.07) is 50.2. The third-order valence-corrected chi connectivity index (χ3v) is 12.8. The summed E-state index contributed by atoms with van der Waals surface area (Å²) >= 11 is 0. The standard InChI is InChI=1S/C28H26N4O4.C27H24N4O4.3C2H6.Na/c1-32-24(25(30-31-32)29-27(34)36-18-19-6-4-3-5-7-19)22-10-8-20(9-11-22)21-12-14-23(15-13-21)28(16-17-28)26(33)35-2;1-31-23(24(29-30-31)28-26(34)35-17-18-5-3-2-4-6-18)21-9-7-19(8-10-21)20-11-13-22(14-12-20)27(15-16-27)25(32)33;3*1-2;/h3-15H,16-18H2,1-2H3,(H,29,34);2-14H,15-17H2,1H3,(H,28,34)(H,32,33);3*1-2H3;/q;;;;;+1/p-1. The van der Waals surface area contributed by atoms with Crippen LogP contribution in [0.1, 0.15) is 89.5 Å². The average Bonchev–Trinajstić information content (AvgIpc) is 4.52. The van der Waals surface area contributed by atoms with E-state index in [0.717, 1.165) is 68.5 Å². The molecule has 0 unspecified atom stereocenters. The van der Waals surface area contributed by atoms with Crippen LogP contribution in [0, 0.1) is 0 Å². The molecule has 0 atom stereocenters. The van der Waals surface area contributed by atoms with Crippen molar-refractivity contribution >= 4 is 35.8 Å². The van der Waals surface area contributed by atoms with E-state index in [9.17, 15) is 24.3 Å². The minimum absolute atomic E-state index is 0. The molecule has 17 heteroatoms. The molecule has 8 aromatic rings. The van der Waals surface area contributed by atoms with Crippen LogP contribution >= 0.6 is 0 Å². The molecule has 0 saturated heterocycles. The zero-order valence-corrected chi connectivity index (χ0v) is 48.2. The number of benzene rings is 6. The van der Waals surface area contributed by atoms with Crippen molar-refractivity contribution < 1.29 is 68.1 Å². The maximum Gasteiger partial charge on any atom is 1.00 e. The second kappa shape index (κ2) is 29.0. The third-order valence-electron chi connectivity index (χ3n) is 12.8. The molecule has 2 fully saturated rings. The zero-order valence-electron chi connectivity index (χ0n) is 46.2. The summed E-state index contributed by atoms with van der Waals surface area (Å²) in [5.41, 5.74) is 9.27. The van der Waals surface area contributed by atoms with Crippen LogP contribution in [0.5, 0.6) is 0 Å². The van der Waals surface area contributed by atoms with Gasteiger partial charge in [0.05, 0.1) is 18.5 Å². The fraction of sp³-hybridized carbons (Fsp3) is 0.279. The fourth-order valence-corrected chi connectivity index (χ4v) is 8.51. The number of hydrogen-bond acceptors (Lipinski definition) is 12. The van der Waals surface area contributed by atoms with Crippen LogP contribution in [0.15, 0.2) is 158 Å². The number of carbonyl (C=O) groups excluding carboxylic acids is 4. The number of methoxy groups -OCH3 is 1. The number of ether oxygens (including phenoxy) is 3. The molecule has 0 bridgehead atoms. The minimum atomic E-state index is -1.01. The Hall–Kier alpha value is -7.92. The van der Waals surface area contributed by atoms with Crippen molar-refractivity contribution in [1.29, 1.82) is 0 Å². The molecule has 2 saturated carbocycles. The Labute approximate surface area is 478 Å². The number of nitrogens with one attached hydrogen (secondary N) is 2. The van der Waals surface area contributed by atoms with Gasteiger partial charge in [0.2, 0.25) is 0 Å². The molecule has 2 heterocycles. The number of carboxylic acids is 1. The predicted octanol–water partition coefficient (Wildman–Crippen LogP) is 8.86. The molecule has 0 spiro atoms. The molecule has 0 aliphatic heterocycles. The summed E-state index contributed by atoms with van der Waals surface area (Å²) in [6.45, 7) is 12.3. The van der Waals surface area contributed by atoms with Crippen molar-refractivity contribution in [2.24, 2.45) is 14.1 Å². The van der Waals surface area contributed by atoms with Crippen molar-refractivity contribution in [3.05, 3.63) is 180 Å². The number of nitrogens with zero attached hydrogens (tertiary/aromatic N) is 6. The van der Waals surface area contributed by atoms with E-state index in [-0.39, 0.29) is 48.7 Å². The van der Waals surface area contributed by atoms with E-state index in [0.29, 0.717) is 35.9 Å². The maximum atomic E-state index is 12.3. The smallest absolute Gasteiger partial charge is 0.549 e. The number of amides is 2. The summed E-state index contributed by atoms with van der Waals surface area (Å²) < 4.78 is 18.8. The molecule has 2 N–H and O–H groups in total. The van der Waals surface area contributed by atoms with E-state index < -0.39 is 29.0 Å². The first kappa shape index (κ1) is 60.9. The molecule has 0 radical (unpaired) electrons. The molecule has 2 aliphatic rings. The van der Waals surface area contributed by atoms with Gasteiger partial charge < -0.3 is 24.1 Å². The van der Waals surface area contributed by atoms with Crippen LogP contribution in [0.4, 0.5) is 21.2 Å². The van der Waals surface area contributed by atoms with Gasteiger partial charge >= 0.3 is 47.7 Å². The van der Waals surface area contributed by atoms with Crippen LogP contribution in [0.3, 0.4) is 0 Å². The largest absolute Gasteiger partial charge is 1.00 e. The molecule has 6 aromatic carbocycles. The summed E-state index contributed by atoms with van der Waals surface area (Å²) in [6.07, 6.45) is 1.68. The predicted molar refractivity (Wildman–Crippen MR) is 297 cm³/mol. The summed E-state index contributed by atoms with van der Waals surface area (Å²) in [5, 5.41) is 33.1. The molecular weight excluding hydrogens is 996 g/mol. The van der Waals surface area contributed by atoms with Gasteiger partial charge in [0.1, 0.15) is 24.6 Å². The van der Waals surface area contributed by atoms with Crippen LogP contribution in [-0.2, 0) is 61.9 Å². The Bertz CT molecular complexity index is 3180. The molecule has 10 rings (SSSR count). The van der Waals surface area contributed by atoms with Crippen LogP contribution in [0.25, 0.3) is 44.8 Å². The molecular formula is C61H67N8NaO8. The van der Waals surface area contributed by atoms with Gasteiger partial charge in [0.25, 0.3) is 0 Å². The molecule has 2 aliphatic carbocycles. The molecule has 16 nitrogen and oxygen atoms in total. The van der Waals surface area contributed by atoms with Gasteiger partial charge in [-0.3, -0.25) is 15.4 Å². The van der Waals surface area contributed by atoms with Gasteiger partial charge in [-0.2, -0.15) is 0 Å². The monoisotopic (exact) mass is 1060 g/mol. The van der Waals surface area contributed by atoms with Crippen molar-refractivity contribution in [2.75, 3.05) is 17.7 Å². The van der Waals surface area contributed by atoms with E-state index in [2.05, 4.69) is 31.3 Å². The number of carboxylic acid groups (broad SMARTS) is 1. The average molecular weight is 1060 g/mol. The first-order valence-corrected chi connectivity index (χ1v) is 25.9. The number of rotatable bonds is 14. The third kappa shape index (κ3) is 14.8.